The molecule has 1 aromatic heterocycles. The van der Waals surface area contributed by atoms with Crippen LogP contribution >= 0.6 is 11.3 Å². The maximum absolute atomic E-state index is 12.3. The first kappa shape index (κ1) is 15.4. The number of aromatic nitrogens is 1. The van der Waals surface area contributed by atoms with Gasteiger partial charge in [0.25, 0.3) is 0 Å². The summed E-state index contributed by atoms with van der Waals surface area (Å²) >= 11 is 1.76. The fraction of sp³-hybridized carbons (Fsp3) is 0.765. The molecule has 2 saturated carbocycles. The molecule has 2 aliphatic carbocycles. The van der Waals surface area contributed by atoms with Crippen molar-refractivity contribution in [3.8, 4) is 0 Å². The summed E-state index contributed by atoms with van der Waals surface area (Å²) in [6.45, 7) is 6.78. The van der Waals surface area contributed by atoms with Gasteiger partial charge in [-0.3, -0.25) is 9.69 Å². The predicted octanol–water partition coefficient (Wildman–Crippen LogP) is 2.04. The van der Waals surface area contributed by atoms with E-state index in [4.69, 9.17) is 4.98 Å². The van der Waals surface area contributed by atoms with E-state index < -0.39 is 0 Å². The lowest BCUT2D eigenvalue weighted by atomic mass is 10.2. The number of thiazole rings is 1. The molecule has 0 spiro atoms. The Bertz CT molecular complexity index is 577. The number of anilines is 1. The molecule has 1 amide bonds. The minimum Gasteiger partial charge on any atom is -0.348 e. The van der Waals surface area contributed by atoms with Gasteiger partial charge in [0.1, 0.15) is 0 Å². The Morgan fingerprint density at radius 2 is 2.04 bits per heavy atom. The van der Waals surface area contributed by atoms with Crippen molar-refractivity contribution in [1.29, 1.82) is 0 Å². The highest BCUT2D eigenvalue weighted by molar-refractivity contribution is 7.13. The SMILES string of the molecule is C[C@H]1C[C@H]1C(=O)N1CCN(Cc2csc(N(C)C3CC3)n2)CC1. The Kier molecular flexibility index (Phi) is 4.05. The smallest absolute Gasteiger partial charge is 0.226 e. The molecular formula is C17H26N4OS. The number of carbonyl (C=O) groups is 1. The second-order valence-electron chi connectivity index (χ2n) is 7.38. The molecule has 1 aromatic rings. The third-order valence-electron chi connectivity index (χ3n) is 5.43. The van der Waals surface area contributed by atoms with Gasteiger partial charge in [0.15, 0.2) is 5.13 Å². The van der Waals surface area contributed by atoms with Crippen LogP contribution in [0.25, 0.3) is 0 Å². The monoisotopic (exact) mass is 334 g/mol. The van der Waals surface area contributed by atoms with Crippen LogP contribution in [0.1, 0.15) is 31.9 Å². The van der Waals surface area contributed by atoms with Crippen molar-refractivity contribution >= 4 is 22.4 Å². The normalized spacial score (nSPS) is 28.0. The third-order valence-corrected chi connectivity index (χ3v) is 6.41. The molecule has 5 nitrogen and oxygen atoms in total. The van der Waals surface area contributed by atoms with Gasteiger partial charge < -0.3 is 9.80 Å². The molecule has 1 aliphatic heterocycles. The van der Waals surface area contributed by atoms with Crippen LogP contribution in [0.3, 0.4) is 0 Å². The first-order valence-corrected chi connectivity index (χ1v) is 9.68. The Labute approximate surface area is 142 Å². The summed E-state index contributed by atoms with van der Waals surface area (Å²) in [5.41, 5.74) is 1.17. The molecule has 2 heterocycles. The van der Waals surface area contributed by atoms with E-state index in [0.717, 1.165) is 44.3 Å². The van der Waals surface area contributed by atoms with Gasteiger partial charge in [-0.1, -0.05) is 6.92 Å². The molecule has 3 fully saturated rings. The molecule has 1 saturated heterocycles. The molecule has 0 aromatic carbocycles. The first-order chi connectivity index (χ1) is 11.1. The third kappa shape index (κ3) is 3.38. The molecule has 0 radical (unpaired) electrons. The highest BCUT2D eigenvalue weighted by Crippen LogP contribution is 2.39. The Balaban J connectivity index is 1.27. The summed E-state index contributed by atoms with van der Waals surface area (Å²) in [7, 11) is 2.16. The van der Waals surface area contributed by atoms with Crippen LogP contribution in [0.2, 0.25) is 0 Å². The molecule has 3 aliphatic rings. The number of hydrogen-bond donors (Lipinski definition) is 0. The van der Waals surface area contributed by atoms with Gasteiger partial charge in [-0.2, -0.15) is 0 Å². The number of amides is 1. The minimum atomic E-state index is 0.320. The van der Waals surface area contributed by atoms with Crippen molar-refractivity contribution in [1.82, 2.24) is 14.8 Å². The van der Waals surface area contributed by atoms with Crippen molar-refractivity contribution in [3.05, 3.63) is 11.1 Å². The molecule has 6 heteroatoms. The second kappa shape index (κ2) is 6.06. The Morgan fingerprint density at radius 3 is 2.65 bits per heavy atom. The Hall–Kier alpha value is -1.14. The standard InChI is InChI=1S/C17H26N4OS/c1-12-9-15(12)16(22)21-7-5-20(6-8-21)10-13-11-23-17(18-13)19(2)14-3-4-14/h11-12,14-15H,3-10H2,1-2H3/t12-,15+/m0/s1. The molecule has 2 atom stereocenters. The summed E-state index contributed by atoms with van der Waals surface area (Å²) < 4.78 is 0. The highest BCUT2D eigenvalue weighted by atomic mass is 32.1. The lowest BCUT2D eigenvalue weighted by Gasteiger charge is -2.34. The average Bonchev–Trinajstić information content (AvgIpc) is 3.47. The summed E-state index contributed by atoms with van der Waals surface area (Å²) in [5.74, 6) is 1.32. The molecular weight excluding hydrogens is 308 g/mol. The van der Waals surface area contributed by atoms with E-state index in [0.29, 0.717) is 23.8 Å². The zero-order valence-corrected chi connectivity index (χ0v) is 14.9. The van der Waals surface area contributed by atoms with E-state index in [2.05, 4.69) is 34.1 Å². The summed E-state index contributed by atoms with van der Waals surface area (Å²) in [6, 6.07) is 0.716. The zero-order chi connectivity index (χ0) is 16.0. The van der Waals surface area contributed by atoms with Crippen LogP contribution in [-0.4, -0.2) is 60.0 Å². The largest absolute Gasteiger partial charge is 0.348 e. The van der Waals surface area contributed by atoms with Crippen molar-refractivity contribution < 1.29 is 4.79 Å². The quantitative estimate of drug-likeness (QED) is 0.826. The van der Waals surface area contributed by atoms with Crippen LogP contribution in [0.5, 0.6) is 0 Å². The lowest BCUT2D eigenvalue weighted by molar-refractivity contribution is -0.134. The molecule has 0 N–H and O–H groups in total. The summed E-state index contributed by atoms with van der Waals surface area (Å²) in [5, 5.41) is 3.34. The predicted molar refractivity (Wildman–Crippen MR) is 92.7 cm³/mol. The van der Waals surface area contributed by atoms with Gasteiger partial charge >= 0.3 is 0 Å². The van der Waals surface area contributed by atoms with Crippen molar-refractivity contribution in [2.45, 2.75) is 38.8 Å². The average molecular weight is 334 g/mol. The van der Waals surface area contributed by atoms with E-state index in [9.17, 15) is 4.79 Å². The van der Waals surface area contributed by atoms with Gasteiger partial charge in [-0.05, 0) is 25.2 Å². The minimum absolute atomic E-state index is 0.320. The van der Waals surface area contributed by atoms with Crippen LogP contribution in [-0.2, 0) is 11.3 Å². The fourth-order valence-corrected chi connectivity index (χ4v) is 4.26. The fourth-order valence-electron chi connectivity index (χ4n) is 3.41. The number of hydrogen-bond acceptors (Lipinski definition) is 5. The zero-order valence-electron chi connectivity index (χ0n) is 14.1. The molecule has 126 valence electrons. The van der Waals surface area contributed by atoms with Crippen LogP contribution in [0.4, 0.5) is 5.13 Å². The number of nitrogens with zero attached hydrogens (tertiary/aromatic N) is 4. The van der Waals surface area contributed by atoms with Gasteiger partial charge in [-0.25, -0.2) is 4.98 Å². The van der Waals surface area contributed by atoms with Crippen molar-refractivity contribution in [2.75, 3.05) is 38.1 Å². The van der Waals surface area contributed by atoms with Crippen LogP contribution in [0, 0.1) is 11.8 Å². The second-order valence-corrected chi connectivity index (χ2v) is 8.22. The van der Waals surface area contributed by atoms with Crippen molar-refractivity contribution in [2.24, 2.45) is 11.8 Å². The highest BCUT2D eigenvalue weighted by Gasteiger charge is 2.41. The first-order valence-electron chi connectivity index (χ1n) is 8.80. The van der Waals surface area contributed by atoms with E-state index in [1.54, 1.807) is 11.3 Å². The van der Waals surface area contributed by atoms with E-state index in [-0.39, 0.29) is 0 Å². The number of carbonyl (C=O) groups excluding carboxylic acids is 1. The Morgan fingerprint density at radius 1 is 1.35 bits per heavy atom. The van der Waals surface area contributed by atoms with Crippen LogP contribution < -0.4 is 4.90 Å². The lowest BCUT2D eigenvalue weighted by Crippen LogP contribution is -2.48. The van der Waals surface area contributed by atoms with Gasteiger partial charge in [0.05, 0.1) is 5.69 Å². The maximum Gasteiger partial charge on any atom is 0.226 e. The number of rotatable bonds is 5. The molecule has 0 unspecified atom stereocenters. The summed E-state index contributed by atoms with van der Waals surface area (Å²) in [6.07, 6.45) is 3.71. The van der Waals surface area contributed by atoms with E-state index in [1.807, 2.05) is 0 Å². The van der Waals surface area contributed by atoms with E-state index >= 15 is 0 Å². The molecule has 23 heavy (non-hydrogen) atoms. The molecule has 4 rings (SSSR count). The molecule has 0 bridgehead atoms. The maximum atomic E-state index is 12.3. The van der Waals surface area contributed by atoms with Crippen molar-refractivity contribution in [3.63, 3.8) is 0 Å². The van der Waals surface area contributed by atoms with Gasteiger partial charge in [-0.15, -0.1) is 11.3 Å². The van der Waals surface area contributed by atoms with Gasteiger partial charge in [0, 0.05) is 57.1 Å². The van der Waals surface area contributed by atoms with E-state index in [1.165, 1.54) is 18.5 Å². The van der Waals surface area contributed by atoms with Gasteiger partial charge in [0.2, 0.25) is 5.91 Å². The van der Waals surface area contributed by atoms with Crippen LogP contribution in [0.15, 0.2) is 5.38 Å². The number of piperazine rings is 1. The topological polar surface area (TPSA) is 39.7 Å². The summed E-state index contributed by atoms with van der Waals surface area (Å²) in [4.78, 5) is 23.9.